The highest BCUT2D eigenvalue weighted by atomic mass is 16.5. The van der Waals surface area contributed by atoms with E-state index < -0.39 is 0 Å². The highest BCUT2D eigenvalue weighted by Crippen LogP contribution is 2.34. The number of nitrogens with one attached hydrogen (secondary N) is 1. The first-order valence-corrected chi connectivity index (χ1v) is 8.31. The number of hydrogen-bond acceptors (Lipinski definition) is 3. The highest BCUT2D eigenvalue weighted by Gasteiger charge is 2.39. The molecule has 0 aliphatic carbocycles. The van der Waals surface area contributed by atoms with Crippen molar-refractivity contribution < 1.29 is 9.53 Å². The predicted molar refractivity (Wildman–Crippen MR) is 86.3 cm³/mol. The van der Waals surface area contributed by atoms with Crippen LogP contribution in [0.4, 0.5) is 0 Å². The molecule has 0 aromatic heterocycles. The van der Waals surface area contributed by atoms with Gasteiger partial charge in [0.05, 0.1) is 6.61 Å². The van der Waals surface area contributed by atoms with Crippen molar-refractivity contribution in [3.05, 3.63) is 35.9 Å². The van der Waals surface area contributed by atoms with Gasteiger partial charge in [0.25, 0.3) is 0 Å². The number of fused-ring (bicyclic) bond motifs is 1. The molecule has 1 amide bonds. The van der Waals surface area contributed by atoms with Crippen molar-refractivity contribution in [3.63, 3.8) is 0 Å². The minimum atomic E-state index is 0.162. The molecule has 2 saturated heterocycles. The Labute approximate surface area is 132 Å². The molecular formula is C18H26N2O2. The molecule has 0 saturated carbocycles. The van der Waals surface area contributed by atoms with Gasteiger partial charge in [-0.1, -0.05) is 30.3 Å². The second kappa shape index (κ2) is 7.25. The molecule has 3 rings (SSSR count). The Balaban J connectivity index is 1.65. The van der Waals surface area contributed by atoms with E-state index in [-0.39, 0.29) is 11.8 Å². The van der Waals surface area contributed by atoms with E-state index in [2.05, 4.69) is 40.5 Å². The van der Waals surface area contributed by atoms with Crippen molar-refractivity contribution in [1.29, 1.82) is 0 Å². The molecule has 0 radical (unpaired) electrons. The molecule has 3 atom stereocenters. The number of likely N-dealkylation sites (tertiary alicyclic amines) is 1. The van der Waals surface area contributed by atoms with Gasteiger partial charge in [0, 0.05) is 32.0 Å². The lowest BCUT2D eigenvalue weighted by molar-refractivity contribution is -0.131. The summed E-state index contributed by atoms with van der Waals surface area (Å²) in [5, 5.41) is 3.07. The summed E-state index contributed by atoms with van der Waals surface area (Å²) in [4.78, 5) is 14.7. The van der Waals surface area contributed by atoms with Crippen LogP contribution in [-0.4, -0.2) is 44.2 Å². The van der Waals surface area contributed by atoms with Gasteiger partial charge >= 0.3 is 0 Å². The number of nitrogens with zero attached hydrogens (tertiary/aromatic N) is 1. The molecule has 1 aromatic carbocycles. The fourth-order valence-electron chi connectivity index (χ4n) is 3.98. The molecular weight excluding hydrogens is 276 g/mol. The molecule has 22 heavy (non-hydrogen) atoms. The highest BCUT2D eigenvalue weighted by molar-refractivity contribution is 5.79. The van der Waals surface area contributed by atoms with Crippen LogP contribution in [0.2, 0.25) is 0 Å². The summed E-state index contributed by atoms with van der Waals surface area (Å²) in [6.45, 7) is 4.58. The Morgan fingerprint density at radius 3 is 2.77 bits per heavy atom. The smallest absolute Gasteiger partial charge is 0.223 e. The first kappa shape index (κ1) is 15.5. The van der Waals surface area contributed by atoms with Crippen molar-refractivity contribution in [1.82, 2.24) is 10.2 Å². The summed E-state index contributed by atoms with van der Waals surface area (Å²) in [5.41, 5.74) is 1.35. The maximum absolute atomic E-state index is 12.2. The maximum Gasteiger partial charge on any atom is 0.223 e. The fraction of sp³-hybridized carbons (Fsp3) is 0.611. The van der Waals surface area contributed by atoms with E-state index in [1.54, 1.807) is 7.11 Å². The Hall–Kier alpha value is -1.39. The van der Waals surface area contributed by atoms with Crippen LogP contribution in [0.3, 0.4) is 0 Å². The minimum absolute atomic E-state index is 0.162. The van der Waals surface area contributed by atoms with E-state index >= 15 is 0 Å². The molecule has 4 nitrogen and oxygen atoms in total. The number of hydrogen-bond donors (Lipinski definition) is 1. The van der Waals surface area contributed by atoms with Crippen LogP contribution in [0.1, 0.15) is 18.4 Å². The molecule has 120 valence electrons. The zero-order valence-electron chi connectivity index (χ0n) is 13.3. The Kier molecular flexibility index (Phi) is 5.11. The van der Waals surface area contributed by atoms with E-state index in [0.717, 1.165) is 45.6 Å². The van der Waals surface area contributed by atoms with Crippen molar-refractivity contribution in [2.75, 3.05) is 33.4 Å². The molecule has 2 aliphatic heterocycles. The number of ether oxygens (including phenoxy) is 1. The van der Waals surface area contributed by atoms with E-state index in [0.29, 0.717) is 11.8 Å². The fourth-order valence-corrected chi connectivity index (χ4v) is 3.98. The van der Waals surface area contributed by atoms with E-state index in [9.17, 15) is 4.79 Å². The number of carbonyl (C=O) groups excluding carboxylic acids is 1. The van der Waals surface area contributed by atoms with E-state index in [1.807, 2.05) is 0 Å². The minimum Gasteiger partial charge on any atom is -0.384 e. The maximum atomic E-state index is 12.2. The van der Waals surface area contributed by atoms with Crippen LogP contribution in [-0.2, 0) is 16.1 Å². The lowest BCUT2D eigenvalue weighted by Crippen LogP contribution is -2.49. The second-order valence-electron chi connectivity index (χ2n) is 6.57. The van der Waals surface area contributed by atoms with Gasteiger partial charge in [-0.15, -0.1) is 0 Å². The standard InChI is InChI=1S/C18H26N2O2/c1-22-13-15-11-19-18(21)17-8-10-20(9-7-16(15)17)12-14-5-3-2-4-6-14/h2-6,15-17H,7-13H2,1H3,(H,19,21)/t15-,16-,17-/m1/s1. The molecule has 0 unspecified atom stereocenters. The number of amides is 1. The number of benzene rings is 1. The van der Waals surface area contributed by atoms with Crippen molar-refractivity contribution in [3.8, 4) is 0 Å². The summed E-state index contributed by atoms with van der Waals surface area (Å²) in [7, 11) is 1.75. The van der Waals surface area contributed by atoms with Gasteiger partial charge in [0.1, 0.15) is 0 Å². The SMILES string of the molecule is COC[C@H]1CNC(=O)[C@@H]2CCN(Cc3ccccc3)CC[C@H]12. The summed E-state index contributed by atoms with van der Waals surface area (Å²) < 4.78 is 5.36. The molecule has 4 heteroatoms. The number of rotatable bonds is 4. The van der Waals surface area contributed by atoms with Crippen LogP contribution in [0, 0.1) is 17.8 Å². The second-order valence-corrected chi connectivity index (χ2v) is 6.57. The van der Waals surface area contributed by atoms with Gasteiger partial charge in [-0.2, -0.15) is 0 Å². The van der Waals surface area contributed by atoms with Crippen LogP contribution in [0.15, 0.2) is 30.3 Å². The zero-order chi connectivity index (χ0) is 15.4. The van der Waals surface area contributed by atoms with Gasteiger partial charge in [-0.05, 0) is 37.4 Å². The largest absolute Gasteiger partial charge is 0.384 e. The van der Waals surface area contributed by atoms with Crippen molar-refractivity contribution in [2.45, 2.75) is 19.4 Å². The van der Waals surface area contributed by atoms with Crippen molar-refractivity contribution in [2.24, 2.45) is 17.8 Å². The number of piperidine rings is 1. The summed E-state index contributed by atoms with van der Waals surface area (Å²) in [6, 6.07) is 10.6. The molecule has 2 heterocycles. The van der Waals surface area contributed by atoms with Crippen LogP contribution in [0.5, 0.6) is 0 Å². The first-order chi connectivity index (χ1) is 10.8. The molecule has 2 aliphatic rings. The molecule has 1 N–H and O–H groups in total. The quantitative estimate of drug-likeness (QED) is 0.924. The summed E-state index contributed by atoms with van der Waals surface area (Å²) in [5.74, 6) is 1.34. The van der Waals surface area contributed by atoms with E-state index in [1.165, 1.54) is 5.56 Å². The number of methoxy groups -OCH3 is 1. The van der Waals surface area contributed by atoms with Crippen molar-refractivity contribution >= 4 is 5.91 Å². The van der Waals surface area contributed by atoms with Gasteiger partial charge in [0.15, 0.2) is 0 Å². The van der Waals surface area contributed by atoms with Crippen LogP contribution >= 0.6 is 0 Å². The molecule has 0 spiro atoms. The van der Waals surface area contributed by atoms with Gasteiger partial charge in [0.2, 0.25) is 5.91 Å². The zero-order valence-corrected chi connectivity index (χ0v) is 13.3. The number of carbonyl (C=O) groups is 1. The lowest BCUT2D eigenvalue weighted by Gasteiger charge is -2.36. The third-order valence-corrected chi connectivity index (χ3v) is 5.16. The van der Waals surface area contributed by atoms with Crippen LogP contribution in [0.25, 0.3) is 0 Å². The predicted octanol–water partition coefficient (Wildman–Crippen LogP) is 1.91. The van der Waals surface area contributed by atoms with Gasteiger partial charge < -0.3 is 10.1 Å². The van der Waals surface area contributed by atoms with E-state index in [4.69, 9.17) is 4.74 Å². The average molecular weight is 302 g/mol. The normalized spacial score (nSPS) is 29.5. The molecule has 0 bridgehead atoms. The van der Waals surface area contributed by atoms with Gasteiger partial charge in [-0.3, -0.25) is 9.69 Å². The Bertz CT molecular complexity index is 491. The Morgan fingerprint density at radius 2 is 2.00 bits per heavy atom. The first-order valence-electron chi connectivity index (χ1n) is 8.31. The third-order valence-electron chi connectivity index (χ3n) is 5.16. The summed E-state index contributed by atoms with van der Waals surface area (Å²) >= 11 is 0. The monoisotopic (exact) mass is 302 g/mol. The Morgan fingerprint density at radius 1 is 1.23 bits per heavy atom. The topological polar surface area (TPSA) is 41.6 Å². The third kappa shape index (κ3) is 3.50. The van der Waals surface area contributed by atoms with Crippen LogP contribution < -0.4 is 5.32 Å². The molecule has 1 aromatic rings. The molecule has 2 fully saturated rings. The van der Waals surface area contributed by atoms with Gasteiger partial charge in [-0.25, -0.2) is 0 Å². The summed E-state index contributed by atoms with van der Waals surface area (Å²) in [6.07, 6.45) is 2.06. The lowest BCUT2D eigenvalue weighted by atomic mass is 9.75. The average Bonchev–Trinajstić information content (AvgIpc) is 2.75.